The fourth-order valence-electron chi connectivity index (χ4n) is 4.19. The van der Waals surface area contributed by atoms with Crippen molar-refractivity contribution in [3.63, 3.8) is 0 Å². The summed E-state index contributed by atoms with van der Waals surface area (Å²) < 4.78 is 14.8. The summed E-state index contributed by atoms with van der Waals surface area (Å²) in [5.74, 6) is -0.527. The molecule has 1 aromatic heterocycles. The fourth-order valence-corrected chi connectivity index (χ4v) is 5.18. The predicted molar refractivity (Wildman–Crippen MR) is 154 cm³/mol. The van der Waals surface area contributed by atoms with E-state index in [4.69, 9.17) is 4.98 Å². The molecule has 4 aromatic rings. The Morgan fingerprint density at radius 2 is 1.64 bits per heavy atom. The summed E-state index contributed by atoms with van der Waals surface area (Å²) in [5, 5.41) is 3.19. The quantitative estimate of drug-likeness (QED) is 0.156. The predicted octanol–water partition coefficient (Wildman–Crippen LogP) is 6.10. The molecule has 0 aliphatic carbocycles. The SMILES string of the molecule is Cc1ccc(C(=O)C(C)Sc2nc3cc(C(=O)NCc4ccc(F)cc4)ccc3c(=O)n2CC(C)C)cc1C. The smallest absolute Gasteiger partial charge is 0.262 e. The third-order valence-corrected chi connectivity index (χ3v) is 7.63. The Balaban J connectivity index is 1.64. The van der Waals surface area contributed by atoms with Crippen LogP contribution in [0.3, 0.4) is 0 Å². The number of Topliss-reactive ketones (excluding diaryl/α,β-unsaturated/α-hetero) is 1. The Morgan fingerprint density at radius 3 is 2.31 bits per heavy atom. The molecule has 0 radical (unpaired) electrons. The molecule has 1 amide bonds. The highest BCUT2D eigenvalue weighted by Gasteiger charge is 2.22. The van der Waals surface area contributed by atoms with Gasteiger partial charge >= 0.3 is 0 Å². The number of ketones is 1. The molecule has 0 aliphatic rings. The van der Waals surface area contributed by atoms with Crippen LogP contribution in [0, 0.1) is 25.6 Å². The molecule has 0 saturated carbocycles. The summed E-state index contributed by atoms with van der Waals surface area (Å²) in [6.45, 7) is 10.5. The van der Waals surface area contributed by atoms with Crippen molar-refractivity contribution in [1.29, 1.82) is 0 Å². The van der Waals surface area contributed by atoms with Gasteiger partial charge in [-0.05, 0) is 79.8 Å². The van der Waals surface area contributed by atoms with E-state index in [1.807, 2.05) is 52.8 Å². The van der Waals surface area contributed by atoms with Crippen LogP contribution >= 0.6 is 11.8 Å². The topological polar surface area (TPSA) is 81.1 Å². The first-order chi connectivity index (χ1) is 18.5. The Hall–Kier alpha value is -3.78. The molecule has 3 aromatic carbocycles. The first-order valence-corrected chi connectivity index (χ1v) is 13.8. The summed E-state index contributed by atoms with van der Waals surface area (Å²) in [4.78, 5) is 44.3. The first-order valence-electron chi connectivity index (χ1n) is 12.9. The van der Waals surface area contributed by atoms with E-state index < -0.39 is 5.25 Å². The van der Waals surface area contributed by atoms with E-state index in [1.165, 1.54) is 23.9 Å². The summed E-state index contributed by atoms with van der Waals surface area (Å²) in [7, 11) is 0. The van der Waals surface area contributed by atoms with E-state index in [0.717, 1.165) is 16.7 Å². The third-order valence-electron chi connectivity index (χ3n) is 6.54. The third kappa shape index (κ3) is 6.63. The lowest BCUT2D eigenvalue weighted by Gasteiger charge is -2.18. The van der Waals surface area contributed by atoms with Crippen molar-refractivity contribution in [3.05, 3.63) is 105 Å². The van der Waals surface area contributed by atoms with Gasteiger partial charge in [0.2, 0.25) is 0 Å². The molecule has 4 rings (SSSR count). The number of hydrogen-bond donors (Lipinski definition) is 1. The number of benzene rings is 3. The molecule has 0 aliphatic heterocycles. The van der Waals surface area contributed by atoms with E-state index >= 15 is 0 Å². The minimum atomic E-state index is -0.475. The minimum absolute atomic E-state index is 0.0394. The molecule has 0 bridgehead atoms. The Bertz CT molecular complexity index is 1600. The number of thioether (sulfide) groups is 1. The molecule has 8 heteroatoms. The molecular weight excluding hydrogens is 513 g/mol. The lowest BCUT2D eigenvalue weighted by molar-refractivity contribution is 0.0949. The standard InChI is InChI=1S/C31H32FN3O3S/c1-18(2)17-35-30(38)26-13-10-24(29(37)33-16-22-7-11-25(32)12-8-22)15-27(26)34-31(35)39-21(5)28(36)23-9-6-19(3)20(4)14-23/h6-15,18,21H,16-17H2,1-5H3,(H,33,37). The number of carbonyl (C=O) groups is 2. The molecule has 202 valence electrons. The number of aryl methyl sites for hydroxylation is 2. The second-order valence-electron chi connectivity index (χ2n) is 10.2. The van der Waals surface area contributed by atoms with Gasteiger partial charge in [-0.2, -0.15) is 0 Å². The number of hydrogen-bond acceptors (Lipinski definition) is 5. The van der Waals surface area contributed by atoms with Crippen LogP contribution in [0.4, 0.5) is 4.39 Å². The monoisotopic (exact) mass is 545 g/mol. The summed E-state index contributed by atoms with van der Waals surface area (Å²) in [5.41, 5.74) is 4.09. The first kappa shape index (κ1) is 28.2. The van der Waals surface area contributed by atoms with Gasteiger partial charge in [-0.15, -0.1) is 0 Å². The normalized spacial score (nSPS) is 12.1. The largest absolute Gasteiger partial charge is 0.348 e. The zero-order valence-corrected chi connectivity index (χ0v) is 23.6. The van der Waals surface area contributed by atoms with Crippen LogP contribution < -0.4 is 10.9 Å². The number of amides is 1. The van der Waals surface area contributed by atoms with Gasteiger partial charge in [0.15, 0.2) is 10.9 Å². The van der Waals surface area contributed by atoms with Crippen LogP contribution in [0.2, 0.25) is 0 Å². The lowest BCUT2D eigenvalue weighted by atomic mass is 10.0. The second kappa shape index (κ2) is 11.9. The van der Waals surface area contributed by atoms with E-state index in [9.17, 15) is 18.8 Å². The molecule has 1 N–H and O–H groups in total. The molecule has 1 atom stereocenters. The van der Waals surface area contributed by atoms with Crippen LogP contribution in [0.5, 0.6) is 0 Å². The van der Waals surface area contributed by atoms with Crippen molar-refractivity contribution in [2.75, 3.05) is 0 Å². The van der Waals surface area contributed by atoms with Crippen LogP contribution in [0.15, 0.2) is 70.6 Å². The van der Waals surface area contributed by atoms with Crippen molar-refractivity contribution >= 4 is 34.4 Å². The van der Waals surface area contributed by atoms with Gasteiger partial charge in [-0.25, -0.2) is 9.37 Å². The fraction of sp³-hybridized carbons (Fsp3) is 0.290. The average Bonchev–Trinajstić information content (AvgIpc) is 2.91. The van der Waals surface area contributed by atoms with Crippen molar-refractivity contribution in [3.8, 4) is 0 Å². The van der Waals surface area contributed by atoms with Gasteiger partial charge in [0, 0.05) is 24.2 Å². The maximum atomic E-state index is 13.5. The Morgan fingerprint density at radius 1 is 0.949 bits per heavy atom. The van der Waals surface area contributed by atoms with Crippen molar-refractivity contribution in [2.24, 2.45) is 5.92 Å². The van der Waals surface area contributed by atoms with Crippen LogP contribution in [-0.2, 0) is 13.1 Å². The highest BCUT2D eigenvalue weighted by molar-refractivity contribution is 8.00. The van der Waals surface area contributed by atoms with Gasteiger partial charge < -0.3 is 5.32 Å². The molecule has 0 fully saturated rings. The number of nitrogens with zero attached hydrogens (tertiary/aromatic N) is 2. The van der Waals surface area contributed by atoms with E-state index in [0.29, 0.717) is 33.7 Å². The van der Waals surface area contributed by atoms with Crippen LogP contribution in [-0.4, -0.2) is 26.5 Å². The van der Waals surface area contributed by atoms with E-state index in [2.05, 4.69) is 5.32 Å². The number of nitrogens with one attached hydrogen (secondary N) is 1. The van der Waals surface area contributed by atoms with Gasteiger partial charge in [0.25, 0.3) is 11.5 Å². The lowest BCUT2D eigenvalue weighted by Crippen LogP contribution is -2.27. The van der Waals surface area contributed by atoms with Gasteiger partial charge in [0.1, 0.15) is 5.82 Å². The second-order valence-corrected chi connectivity index (χ2v) is 11.5. The van der Waals surface area contributed by atoms with Crippen molar-refractivity contribution in [2.45, 2.75) is 58.1 Å². The molecule has 0 saturated heterocycles. The van der Waals surface area contributed by atoms with Gasteiger partial charge in [-0.1, -0.05) is 49.9 Å². The summed E-state index contributed by atoms with van der Waals surface area (Å²) >= 11 is 1.25. The number of fused-ring (bicyclic) bond motifs is 1. The van der Waals surface area contributed by atoms with Gasteiger partial charge in [0.05, 0.1) is 16.2 Å². The summed E-state index contributed by atoms with van der Waals surface area (Å²) in [6.07, 6.45) is 0. The molecule has 1 heterocycles. The Labute approximate surface area is 231 Å². The van der Waals surface area contributed by atoms with Crippen molar-refractivity contribution < 1.29 is 14.0 Å². The molecule has 0 spiro atoms. The number of aromatic nitrogens is 2. The zero-order chi connectivity index (χ0) is 28.3. The maximum Gasteiger partial charge on any atom is 0.262 e. The number of rotatable bonds is 9. The number of carbonyl (C=O) groups excluding carboxylic acids is 2. The average molecular weight is 546 g/mol. The maximum absolute atomic E-state index is 13.5. The van der Waals surface area contributed by atoms with Crippen molar-refractivity contribution in [1.82, 2.24) is 14.9 Å². The molecule has 39 heavy (non-hydrogen) atoms. The molecular formula is C31H32FN3O3S. The molecule has 1 unspecified atom stereocenters. The minimum Gasteiger partial charge on any atom is -0.348 e. The van der Waals surface area contributed by atoms with Gasteiger partial charge in [-0.3, -0.25) is 19.0 Å². The van der Waals surface area contributed by atoms with E-state index in [-0.39, 0.29) is 35.5 Å². The molecule has 6 nitrogen and oxygen atoms in total. The highest BCUT2D eigenvalue weighted by Crippen LogP contribution is 2.26. The van der Waals surface area contributed by atoms with E-state index in [1.54, 1.807) is 34.9 Å². The van der Waals surface area contributed by atoms with Crippen LogP contribution in [0.1, 0.15) is 58.2 Å². The highest BCUT2D eigenvalue weighted by atomic mass is 32.2. The Kier molecular flexibility index (Phi) is 8.65. The summed E-state index contributed by atoms with van der Waals surface area (Å²) in [6, 6.07) is 16.4. The zero-order valence-electron chi connectivity index (χ0n) is 22.7. The number of halogens is 1. The van der Waals surface area contributed by atoms with Crippen LogP contribution in [0.25, 0.3) is 10.9 Å².